The van der Waals surface area contributed by atoms with Crippen molar-refractivity contribution in [2.75, 3.05) is 10.7 Å². The molecule has 18 heavy (non-hydrogen) atoms. The monoisotopic (exact) mass is 267 g/mol. The van der Waals surface area contributed by atoms with E-state index in [1.807, 2.05) is 26.0 Å². The van der Waals surface area contributed by atoms with Gasteiger partial charge in [0.15, 0.2) is 5.82 Å². The average molecular weight is 268 g/mol. The van der Waals surface area contributed by atoms with Crippen molar-refractivity contribution in [3.05, 3.63) is 34.9 Å². The number of nitrogens with two attached hydrogens (primary N) is 1. The largest absolute Gasteiger partial charge is 0.464 e. The second kappa shape index (κ2) is 5.24. The molecule has 7 heteroatoms. The molecule has 0 amide bonds. The summed E-state index contributed by atoms with van der Waals surface area (Å²) in [6.45, 7) is 3.84. The fraction of sp³-hybridized carbons (Fsp3) is 0.273. The highest BCUT2D eigenvalue weighted by molar-refractivity contribution is 6.32. The minimum Gasteiger partial charge on any atom is -0.464 e. The van der Waals surface area contributed by atoms with Gasteiger partial charge in [-0.15, -0.1) is 0 Å². The zero-order chi connectivity index (χ0) is 13.1. The zero-order valence-electron chi connectivity index (χ0n) is 10.1. The number of hydrazine groups is 1. The van der Waals surface area contributed by atoms with E-state index in [-0.39, 0.29) is 6.04 Å². The van der Waals surface area contributed by atoms with Crippen molar-refractivity contribution < 1.29 is 4.42 Å². The van der Waals surface area contributed by atoms with E-state index in [9.17, 15) is 0 Å². The molecule has 96 valence electrons. The van der Waals surface area contributed by atoms with Gasteiger partial charge in [0.25, 0.3) is 0 Å². The van der Waals surface area contributed by atoms with E-state index in [0.29, 0.717) is 16.8 Å². The fourth-order valence-electron chi connectivity index (χ4n) is 1.50. The zero-order valence-corrected chi connectivity index (χ0v) is 10.8. The van der Waals surface area contributed by atoms with E-state index >= 15 is 0 Å². The number of halogens is 1. The van der Waals surface area contributed by atoms with Gasteiger partial charge in [-0.3, -0.25) is 5.43 Å². The maximum atomic E-state index is 6.00. The number of furan rings is 1. The van der Waals surface area contributed by atoms with Gasteiger partial charge < -0.3 is 9.73 Å². The summed E-state index contributed by atoms with van der Waals surface area (Å²) < 4.78 is 5.52. The highest BCUT2D eigenvalue weighted by Gasteiger charge is 2.12. The number of nitrogen functional groups attached to an aromatic ring is 1. The van der Waals surface area contributed by atoms with E-state index in [1.165, 1.54) is 6.20 Å². The van der Waals surface area contributed by atoms with Crippen molar-refractivity contribution in [1.82, 2.24) is 9.97 Å². The first kappa shape index (κ1) is 12.7. The fourth-order valence-corrected chi connectivity index (χ4v) is 1.65. The van der Waals surface area contributed by atoms with Crippen LogP contribution in [0.1, 0.15) is 24.5 Å². The van der Waals surface area contributed by atoms with Crippen LogP contribution < -0.4 is 16.6 Å². The van der Waals surface area contributed by atoms with Gasteiger partial charge in [0.1, 0.15) is 16.5 Å². The number of aromatic nitrogens is 2. The molecular formula is C11H14ClN5O. The molecule has 0 saturated carbocycles. The summed E-state index contributed by atoms with van der Waals surface area (Å²) in [6.07, 6.45) is 1.48. The summed E-state index contributed by atoms with van der Waals surface area (Å²) >= 11 is 6.00. The van der Waals surface area contributed by atoms with Gasteiger partial charge in [0, 0.05) is 0 Å². The number of nitrogens with one attached hydrogen (secondary N) is 2. The number of aryl methyl sites for hydroxylation is 1. The van der Waals surface area contributed by atoms with Crippen LogP contribution in [0.25, 0.3) is 0 Å². The molecule has 0 fully saturated rings. The predicted molar refractivity (Wildman–Crippen MR) is 70.3 cm³/mol. The number of rotatable bonds is 4. The first-order chi connectivity index (χ1) is 8.60. The van der Waals surface area contributed by atoms with Gasteiger partial charge in [-0.05, 0) is 26.0 Å². The molecule has 1 atom stereocenters. The third kappa shape index (κ3) is 2.72. The van der Waals surface area contributed by atoms with Crippen LogP contribution in [0.2, 0.25) is 5.02 Å². The van der Waals surface area contributed by atoms with Gasteiger partial charge >= 0.3 is 0 Å². The number of anilines is 2. The lowest BCUT2D eigenvalue weighted by Gasteiger charge is -2.13. The Kier molecular flexibility index (Phi) is 3.69. The molecule has 1 unspecified atom stereocenters. The Hall–Kier alpha value is -1.79. The third-order valence-electron chi connectivity index (χ3n) is 2.41. The molecule has 2 aromatic rings. The second-order valence-electron chi connectivity index (χ2n) is 3.85. The average Bonchev–Trinajstić information content (AvgIpc) is 2.79. The molecular weight excluding hydrogens is 254 g/mol. The summed E-state index contributed by atoms with van der Waals surface area (Å²) in [7, 11) is 0. The highest BCUT2D eigenvalue weighted by Crippen LogP contribution is 2.25. The SMILES string of the molecule is Cc1ccc(C(C)Nc2nc(NN)ncc2Cl)o1. The molecule has 4 N–H and O–H groups in total. The maximum absolute atomic E-state index is 6.00. The van der Waals surface area contributed by atoms with Crippen LogP contribution in [0.3, 0.4) is 0 Å². The van der Waals surface area contributed by atoms with E-state index in [0.717, 1.165) is 11.5 Å². The van der Waals surface area contributed by atoms with Crippen LogP contribution in [0.5, 0.6) is 0 Å². The van der Waals surface area contributed by atoms with Crippen LogP contribution >= 0.6 is 11.6 Å². The van der Waals surface area contributed by atoms with Gasteiger partial charge in [-0.25, -0.2) is 10.8 Å². The van der Waals surface area contributed by atoms with Crippen molar-refractivity contribution in [2.45, 2.75) is 19.9 Å². The molecule has 2 aromatic heterocycles. The van der Waals surface area contributed by atoms with Gasteiger partial charge in [-0.1, -0.05) is 11.6 Å². The molecule has 0 saturated heterocycles. The van der Waals surface area contributed by atoms with E-state index in [2.05, 4.69) is 20.7 Å². The number of hydrogen-bond donors (Lipinski definition) is 3. The second-order valence-corrected chi connectivity index (χ2v) is 4.26. The lowest BCUT2D eigenvalue weighted by molar-refractivity contribution is 0.466. The van der Waals surface area contributed by atoms with Crippen molar-refractivity contribution >= 4 is 23.4 Å². The van der Waals surface area contributed by atoms with Gasteiger partial charge in [0.05, 0.1) is 12.2 Å². The first-order valence-electron chi connectivity index (χ1n) is 5.42. The Morgan fingerprint density at radius 1 is 1.44 bits per heavy atom. The third-order valence-corrected chi connectivity index (χ3v) is 2.69. The predicted octanol–water partition coefficient (Wildman–Crippen LogP) is 2.49. The Bertz CT molecular complexity index is 542. The lowest BCUT2D eigenvalue weighted by atomic mass is 10.2. The summed E-state index contributed by atoms with van der Waals surface area (Å²) in [5.41, 5.74) is 2.37. The normalized spacial score (nSPS) is 12.2. The molecule has 0 radical (unpaired) electrons. The lowest BCUT2D eigenvalue weighted by Crippen LogP contribution is -2.13. The van der Waals surface area contributed by atoms with Crippen molar-refractivity contribution in [2.24, 2.45) is 5.84 Å². The number of hydrogen-bond acceptors (Lipinski definition) is 6. The van der Waals surface area contributed by atoms with E-state index in [4.69, 9.17) is 21.9 Å². The van der Waals surface area contributed by atoms with Crippen LogP contribution in [0, 0.1) is 6.92 Å². The minimum absolute atomic E-state index is 0.0586. The Balaban J connectivity index is 2.18. The molecule has 2 rings (SSSR count). The molecule has 0 aromatic carbocycles. The summed E-state index contributed by atoms with van der Waals surface area (Å²) in [5.74, 6) is 7.71. The molecule has 6 nitrogen and oxygen atoms in total. The van der Waals surface area contributed by atoms with Crippen LogP contribution in [0.15, 0.2) is 22.7 Å². The number of nitrogens with zero attached hydrogens (tertiary/aromatic N) is 2. The minimum atomic E-state index is -0.0586. The van der Waals surface area contributed by atoms with Crippen LogP contribution in [-0.2, 0) is 0 Å². The Labute approximate surface area is 110 Å². The van der Waals surface area contributed by atoms with E-state index in [1.54, 1.807) is 0 Å². The smallest absolute Gasteiger partial charge is 0.239 e. The van der Waals surface area contributed by atoms with E-state index < -0.39 is 0 Å². The quantitative estimate of drug-likeness (QED) is 0.583. The highest BCUT2D eigenvalue weighted by atomic mass is 35.5. The Morgan fingerprint density at radius 2 is 2.22 bits per heavy atom. The molecule has 0 aliphatic heterocycles. The molecule has 0 bridgehead atoms. The van der Waals surface area contributed by atoms with Crippen molar-refractivity contribution in [3.8, 4) is 0 Å². The van der Waals surface area contributed by atoms with Gasteiger partial charge in [-0.2, -0.15) is 4.98 Å². The summed E-state index contributed by atoms with van der Waals surface area (Å²) in [4.78, 5) is 8.03. The molecule has 0 aliphatic carbocycles. The standard InChI is InChI=1S/C11H14ClN5O/c1-6-3-4-9(18-6)7(2)15-10-8(12)5-14-11(16-10)17-13/h3-5,7H,13H2,1-2H3,(H2,14,15,16,17). The topological polar surface area (TPSA) is 89.0 Å². The summed E-state index contributed by atoms with van der Waals surface area (Å²) in [5, 5.41) is 3.56. The maximum Gasteiger partial charge on any atom is 0.239 e. The van der Waals surface area contributed by atoms with Crippen LogP contribution in [0.4, 0.5) is 11.8 Å². The summed E-state index contributed by atoms with van der Waals surface area (Å²) in [6, 6.07) is 3.75. The molecule has 2 heterocycles. The Morgan fingerprint density at radius 3 is 2.83 bits per heavy atom. The van der Waals surface area contributed by atoms with Gasteiger partial charge in [0.2, 0.25) is 5.95 Å². The first-order valence-corrected chi connectivity index (χ1v) is 5.80. The van der Waals surface area contributed by atoms with Crippen LogP contribution in [-0.4, -0.2) is 9.97 Å². The van der Waals surface area contributed by atoms with Crippen molar-refractivity contribution in [1.29, 1.82) is 0 Å². The molecule has 0 spiro atoms. The molecule has 0 aliphatic rings. The van der Waals surface area contributed by atoms with Crippen molar-refractivity contribution in [3.63, 3.8) is 0 Å².